The van der Waals surface area contributed by atoms with Crippen molar-refractivity contribution < 1.29 is 14.3 Å². The Labute approximate surface area is 143 Å². The predicted molar refractivity (Wildman–Crippen MR) is 91.8 cm³/mol. The van der Waals surface area contributed by atoms with Gasteiger partial charge in [-0.3, -0.25) is 9.59 Å². The molecule has 3 rings (SSSR count). The van der Waals surface area contributed by atoms with Gasteiger partial charge >= 0.3 is 0 Å². The number of amides is 2. The van der Waals surface area contributed by atoms with Gasteiger partial charge in [-0.2, -0.15) is 0 Å². The van der Waals surface area contributed by atoms with Crippen LogP contribution in [0.25, 0.3) is 0 Å². The van der Waals surface area contributed by atoms with Gasteiger partial charge in [0.2, 0.25) is 11.8 Å². The van der Waals surface area contributed by atoms with E-state index in [1.807, 2.05) is 34.1 Å². The van der Waals surface area contributed by atoms with Crippen LogP contribution in [0.4, 0.5) is 0 Å². The Bertz CT molecular complexity index is 571. The van der Waals surface area contributed by atoms with Gasteiger partial charge in [-0.05, 0) is 30.5 Å². The number of hydrogen-bond donors (Lipinski definition) is 0. The molecule has 0 bridgehead atoms. The van der Waals surface area contributed by atoms with Crippen LogP contribution in [0, 0.1) is 5.92 Å². The molecule has 2 aliphatic rings. The second-order valence-electron chi connectivity index (χ2n) is 6.71. The predicted octanol–water partition coefficient (Wildman–Crippen LogP) is 2.10. The van der Waals surface area contributed by atoms with Gasteiger partial charge in [0.15, 0.2) is 0 Å². The van der Waals surface area contributed by atoms with Crippen LogP contribution in [-0.4, -0.2) is 54.9 Å². The summed E-state index contributed by atoms with van der Waals surface area (Å²) in [4.78, 5) is 28.7. The highest BCUT2D eigenvalue weighted by Gasteiger charge is 2.30. The number of methoxy groups -OCH3 is 1. The van der Waals surface area contributed by atoms with Crippen molar-refractivity contribution in [3.05, 3.63) is 29.8 Å². The van der Waals surface area contributed by atoms with Crippen molar-refractivity contribution >= 4 is 11.8 Å². The molecule has 1 aliphatic heterocycles. The topological polar surface area (TPSA) is 49.9 Å². The molecule has 1 saturated heterocycles. The summed E-state index contributed by atoms with van der Waals surface area (Å²) in [6.45, 7) is 2.63. The average Bonchev–Trinajstić information content (AvgIpc) is 3.16. The highest BCUT2D eigenvalue weighted by Crippen LogP contribution is 2.27. The summed E-state index contributed by atoms with van der Waals surface area (Å²) in [5.74, 6) is 1.46. The molecule has 2 amide bonds. The van der Waals surface area contributed by atoms with Crippen molar-refractivity contribution in [2.45, 2.75) is 32.1 Å². The zero-order chi connectivity index (χ0) is 16.9. The first-order chi connectivity index (χ1) is 11.7. The molecule has 130 valence electrons. The van der Waals surface area contributed by atoms with E-state index in [4.69, 9.17) is 4.74 Å². The summed E-state index contributed by atoms with van der Waals surface area (Å²) in [7, 11) is 1.63. The van der Waals surface area contributed by atoms with Crippen LogP contribution in [0.3, 0.4) is 0 Å². The lowest BCUT2D eigenvalue weighted by Crippen LogP contribution is -2.52. The molecule has 0 radical (unpaired) electrons. The Kier molecular flexibility index (Phi) is 5.38. The molecule has 1 aromatic rings. The van der Waals surface area contributed by atoms with Crippen molar-refractivity contribution in [1.29, 1.82) is 0 Å². The third-order valence-corrected chi connectivity index (χ3v) is 5.16. The number of carbonyl (C=O) groups is 2. The quantitative estimate of drug-likeness (QED) is 0.849. The number of piperazine rings is 1. The van der Waals surface area contributed by atoms with E-state index in [9.17, 15) is 9.59 Å². The molecular formula is C19H26N2O3. The average molecular weight is 330 g/mol. The van der Waals surface area contributed by atoms with Gasteiger partial charge in [-0.15, -0.1) is 0 Å². The number of carbonyl (C=O) groups excluding carboxylic acids is 2. The van der Waals surface area contributed by atoms with Gasteiger partial charge in [0.1, 0.15) is 5.75 Å². The molecule has 1 aromatic carbocycles. The standard InChI is InChI=1S/C19H26N2O3/c1-24-17-8-6-15(7-9-17)14-18(22)20-10-12-21(13-11-20)19(23)16-4-2-3-5-16/h6-9,16H,2-5,10-14H2,1H3. The van der Waals surface area contributed by atoms with E-state index in [1.54, 1.807) is 7.11 Å². The normalized spacial score (nSPS) is 18.7. The molecule has 0 N–H and O–H groups in total. The van der Waals surface area contributed by atoms with E-state index in [1.165, 1.54) is 12.8 Å². The first kappa shape index (κ1) is 16.8. The van der Waals surface area contributed by atoms with E-state index >= 15 is 0 Å². The van der Waals surface area contributed by atoms with Crippen LogP contribution in [0.5, 0.6) is 5.75 Å². The van der Waals surface area contributed by atoms with E-state index in [0.717, 1.165) is 24.2 Å². The molecule has 2 fully saturated rings. The maximum absolute atomic E-state index is 12.4. The molecular weight excluding hydrogens is 304 g/mol. The molecule has 0 spiro atoms. The van der Waals surface area contributed by atoms with Crippen LogP contribution < -0.4 is 4.74 Å². The molecule has 5 nitrogen and oxygen atoms in total. The smallest absolute Gasteiger partial charge is 0.227 e. The van der Waals surface area contributed by atoms with Crippen molar-refractivity contribution in [3.63, 3.8) is 0 Å². The van der Waals surface area contributed by atoms with Gasteiger partial charge in [0.05, 0.1) is 13.5 Å². The molecule has 0 atom stereocenters. The molecule has 1 saturated carbocycles. The minimum atomic E-state index is 0.133. The monoisotopic (exact) mass is 330 g/mol. The second-order valence-corrected chi connectivity index (χ2v) is 6.71. The van der Waals surface area contributed by atoms with Gasteiger partial charge in [-0.25, -0.2) is 0 Å². The molecule has 24 heavy (non-hydrogen) atoms. The molecule has 0 unspecified atom stereocenters. The highest BCUT2D eigenvalue weighted by atomic mass is 16.5. The number of benzene rings is 1. The Hall–Kier alpha value is -2.04. The van der Waals surface area contributed by atoms with Crippen LogP contribution in [0.15, 0.2) is 24.3 Å². The van der Waals surface area contributed by atoms with Gasteiger partial charge in [0.25, 0.3) is 0 Å². The zero-order valence-corrected chi connectivity index (χ0v) is 14.4. The van der Waals surface area contributed by atoms with Crippen LogP contribution >= 0.6 is 0 Å². The Morgan fingerprint density at radius 1 is 1.00 bits per heavy atom. The minimum absolute atomic E-state index is 0.133. The Morgan fingerprint density at radius 2 is 1.58 bits per heavy atom. The minimum Gasteiger partial charge on any atom is -0.497 e. The van der Waals surface area contributed by atoms with E-state index < -0.39 is 0 Å². The summed E-state index contributed by atoms with van der Waals surface area (Å²) in [6.07, 6.45) is 4.83. The van der Waals surface area contributed by atoms with Crippen molar-refractivity contribution in [2.24, 2.45) is 5.92 Å². The first-order valence-electron chi connectivity index (χ1n) is 8.87. The Morgan fingerprint density at radius 3 is 2.17 bits per heavy atom. The van der Waals surface area contributed by atoms with E-state index in [2.05, 4.69) is 0 Å². The third-order valence-electron chi connectivity index (χ3n) is 5.16. The summed E-state index contributed by atoms with van der Waals surface area (Å²) < 4.78 is 5.13. The second kappa shape index (κ2) is 7.69. The lowest BCUT2D eigenvalue weighted by atomic mass is 10.1. The van der Waals surface area contributed by atoms with Crippen LogP contribution in [-0.2, 0) is 16.0 Å². The molecule has 1 aliphatic carbocycles. The van der Waals surface area contributed by atoms with E-state index in [0.29, 0.717) is 38.5 Å². The van der Waals surface area contributed by atoms with E-state index in [-0.39, 0.29) is 11.8 Å². The molecule has 5 heteroatoms. The summed E-state index contributed by atoms with van der Waals surface area (Å²) in [5, 5.41) is 0. The SMILES string of the molecule is COc1ccc(CC(=O)N2CCN(C(=O)C3CCCC3)CC2)cc1. The summed E-state index contributed by atoms with van der Waals surface area (Å²) >= 11 is 0. The Balaban J connectivity index is 1.48. The fourth-order valence-electron chi connectivity index (χ4n) is 3.64. The molecule has 1 heterocycles. The van der Waals surface area contributed by atoms with Crippen molar-refractivity contribution in [3.8, 4) is 5.75 Å². The van der Waals surface area contributed by atoms with Gasteiger partial charge in [0, 0.05) is 32.1 Å². The van der Waals surface area contributed by atoms with Crippen molar-refractivity contribution in [1.82, 2.24) is 9.80 Å². The summed E-state index contributed by atoms with van der Waals surface area (Å²) in [5.41, 5.74) is 0.991. The van der Waals surface area contributed by atoms with Crippen LogP contribution in [0.1, 0.15) is 31.2 Å². The summed E-state index contributed by atoms with van der Waals surface area (Å²) in [6, 6.07) is 7.61. The largest absolute Gasteiger partial charge is 0.497 e. The fourth-order valence-corrected chi connectivity index (χ4v) is 3.64. The van der Waals surface area contributed by atoms with Crippen molar-refractivity contribution in [2.75, 3.05) is 33.3 Å². The maximum Gasteiger partial charge on any atom is 0.227 e. The zero-order valence-electron chi connectivity index (χ0n) is 14.4. The maximum atomic E-state index is 12.4. The van der Waals surface area contributed by atoms with Gasteiger partial charge < -0.3 is 14.5 Å². The molecule has 0 aromatic heterocycles. The highest BCUT2D eigenvalue weighted by molar-refractivity contribution is 5.81. The number of nitrogens with zero attached hydrogens (tertiary/aromatic N) is 2. The first-order valence-corrected chi connectivity index (χ1v) is 8.87. The van der Waals surface area contributed by atoms with Crippen LogP contribution in [0.2, 0.25) is 0 Å². The lowest BCUT2D eigenvalue weighted by Gasteiger charge is -2.36. The number of hydrogen-bond acceptors (Lipinski definition) is 3. The third kappa shape index (κ3) is 3.89. The number of rotatable bonds is 4. The lowest BCUT2D eigenvalue weighted by molar-refractivity contribution is -0.141. The van der Waals surface area contributed by atoms with Gasteiger partial charge in [-0.1, -0.05) is 25.0 Å². The fraction of sp³-hybridized carbons (Fsp3) is 0.579. The number of ether oxygens (including phenoxy) is 1.